The van der Waals surface area contributed by atoms with Gasteiger partial charge in [0, 0.05) is 33.2 Å². The Morgan fingerprint density at radius 1 is 0.833 bits per heavy atom. The summed E-state index contributed by atoms with van der Waals surface area (Å²) in [5.74, 6) is -0.711. The molecule has 0 aliphatic rings. The van der Waals surface area contributed by atoms with E-state index in [1.165, 1.54) is 11.3 Å². The van der Waals surface area contributed by atoms with Gasteiger partial charge in [0.15, 0.2) is 0 Å². The van der Waals surface area contributed by atoms with Crippen molar-refractivity contribution in [3.8, 4) is 22.6 Å². The molecule has 0 bridgehead atoms. The third kappa shape index (κ3) is 3.60. The first kappa shape index (κ1) is 19.5. The topological polar surface area (TPSA) is 52.6 Å². The number of benzene rings is 3. The molecule has 1 aromatic heterocycles. The Labute approximate surface area is 175 Å². The van der Waals surface area contributed by atoms with Gasteiger partial charge in [-0.05, 0) is 35.9 Å². The molecule has 3 aromatic carbocycles. The average Bonchev–Trinajstić information content (AvgIpc) is 3.13. The molecule has 0 N–H and O–H groups in total. The number of thiophene rings is 1. The van der Waals surface area contributed by atoms with Gasteiger partial charge in [-0.15, -0.1) is 11.3 Å². The molecule has 148 valence electrons. The maximum absolute atomic E-state index is 15.3. The quantitative estimate of drug-likeness (QED) is 0.225. The number of esters is 2. The van der Waals surface area contributed by atoms with Crippen molar-refractivity contribution in [3.63, 3.8) is 0 Å². The lowest BCUT2D eigenvalue weighted by Crippen LogP contribution is -2.02. The molecule has 0 fully saturated rings. The Morgan fingerprint density at radius 3 is 2.10 bits per heavy atom. The zero-order valence-electron chi connectivity index (χ0n) is 15.7. The van der Waals surface area contributed by atoms with Crippen LogP contribution in [-0.4, -0.2) is 11.9 Å². The van der Waals surface area contributed by atoms with Crippen LogP contribution in [0, 0.1) is 5.82 Å². The standard InChI is InChI=1S/C24H15FO4S/c1-3-21(26)28-15-7-5-14(6-8-15)17-11-12-19-18-10-9-16(29-22(27)4-2)13-20(18)30-24(19)23(17)25/h3-13H,1-2H2. The molecule has 0 aliphatic heterocycles. The van der Waals surface area contributed by atoms with Gasteiger partial charge in [-0.1, -0.05) is 37.4 Å². The van der Waals surface area contributed by atoms with Crippen LogP contribution >= 0.6 is 11.3 Å². The van der Waals surface area contributed by atoms with E-state index in [1.54, 1.807) is 42.5 Å². The fraction of sp³-hybridized carbons (Fsp3) is 0. The lowest BCUT2D eigenvalue weighted by Gasteiger charge is -2.06. The Morgan fingerprint density at radius 2 is 1.43 bits per heavy atom. The van der Waals surface area contributed by atoms with Crippen LogP contribution in [0.4, 0.5) is 4.39 Å². The molecule has 0 aliphatic carbocycles. The first-order chi connectivity index (χ1) is 14.5. The van der Waals surface area contributed by atoms with Crippen LogP contribution in [-0.2, 0) is 9.59 Å². The highest BCUT2D eigenvalue weighted by molar-refractivity contribution is 7.25. The first-order valence-corrected chi connectivity index (χ1v) is 9.75. The first-order valence-electron chi connectivity index (χ1n) is 8.94. The summed E-state index contributed by atoms with van der Waals surface area (Å²) in [6.07, 6.45) is 2.16. The zero-order valence-corrected chi connectivity index (χ0v) is 16.5. The lowest BCUT2D eigenvalue weighted by atomic mass is 10.0. The van der Waals surface area contributed by atoms with Gasteiger partial charge in [-0.2, -0.15) is 0 Å². The Bertz CT molecular complexity index is 1320. The molecule has 0 spiro atoms. The molecule has 4 nitrogen and oxygen atoms in total. The third-order valence-corrected chi connectivity index (χ3v) is 5.65. The van der Waals surface area contributed by atoms with Gasteiger partial charge in [0.2, 0.25) is 0 Å². The molecule has 4 aromatic rings. The van der Waals surface area contributed by atoms with E-state index >= 15 is 4.39 Å². The molecule has 0 saturated heterocycles. The Balaban J connectivity index is 1.73. The van der Waals surface area contributed by atoms with Crippen molar-refractivity contribution in [1.29, 1.82) is 0 Å². The van der Waals surface area contributed by atoms with Crippen LogP contribution in [0.2, 0.25) is 0 Å². The Hall–Kier alpha value is -3.77. The van der Waals surface area contributed by atoms with E-state index in [1.807, 2.05) is 12.1 Å². The van der Waals surface area contributed by atoms with E-state index in [4.69, 9.17) is 9.47 Å². The van der Waals surface area contributed by atoms with E-state index in [0.717, 1.165) is 27.6 Å². The SMILES string of the molecule is C=CC(=O)Oc1ccc(-c2ccc3c(sc4cc(OC(=O)C=C)ccc43)c2F)cc1. The minimum Gasteiger partial charge on any atom is -0.423 e. The van der Waals surface area contributed by atoms with Crippen LogP contribution in [0.25, 0.3) is 31.3 Å². The predicted molar refractivity (Wildman–Crippen MR) is 116 cm³/mol. The van der Waals surface area contributed by atoms with Crippen molar-refractivity contribution in [1.82, 2.24) is 0 Å². The minimum atomic E-state index is -0.557. The molecule has 30 heavy (non-hydrogen) atoms. The van der Waals surface area contributed by atoms with E-state index in [0.29, 0.717) is 27.3 Å². The summed E-state index contributed by atoms with van der Waals surface area (Å²) >= 11 is 1.29. The number of halogens is 1. The van der Waals surface area contributed by atoms with E-state index in [2.05, 4.69) is 13.2 Å². The maximum atomic E-state index is 15.3. The summed E-state index contributed by atoms with van der Waals surface area (Å²) in [4.78, 5) is 22.7. The second-order valence-electron chi connectivity index (χ2n) is 6.34. The zero-order chi connectivity index (χ0) is 21.3. The summed E-state index contributed by atoms with van der Waals surface area (Å²) in [5, 5.41) is 1.67. The normalized spacial score (nSPS) is 10.7. The number of ether oxygens (including phenoxy) is 2. The highest BCUT2D eigenvalue weighted by Crippen LogP contribution is 2.40. The molecule has 0 radical (unpaired) electrons. The van der Waals surface area contributed by atoms with Gasteiger partial charge in [0.25, 0.3) is 0 Å². The van der Waals surface area contributed by atoms with E-state index < -0.39 is 11.9 Å². The highest BCUT2D eigenvalue weighted by Gasteiger charge is 2.15. The molecular formula is C24H15FO4S. The number of fused-ring (bicyclic) bond motifs is 3. The molecular weight excluding hydrogens is 403 g/mol. The van der Waals surface area contributed by atoms with Crippen LogP contribution < -0.4 is 9.47 Å². The number of carbonyl (C=O) groups excluding carboxylic acids is 2. The molecule has 0 saturated carbocycles. The van der Waals surface area contributed by atoms with Crippen molar-refractivity contribution in [2.75, 3.05) is 0 Å². The van der Waals surface area contributed by atoms with Crippen molar-refractivity contribution < 1.29 is 23.5 Å². The molecule has 0 amide bonds. The number of hydrogen-bond donors (Lipinski definition) is 0. The van der Waals surface area contributed by atoms with Crippen molar-refractivity contribution in [2.24, 2.45) is 0 Å². The number of rotatable bonds is 5. The fourth-order valence-corrected chi connectivity index (χ4v) is 4.26. The van der Waals surface area contributed by atoms with Gasteiger partial charge in [0.1, 0.15) is 17.3 Å². The van der Waals surface area contributed by atoms with Gasteiger partial charge < -0.3 is 9.47 Å². The van der Waals surface area contributed by atoms with Gasteiger partial charge in [-0.3, -0.25) is 0 Å². The third-order valence-electron chi connectivity index (χ3n) is 4.49. The van der Waals surface area contributed by atoms with Crippen LogP contribution in [0.15, 0.2) is 79.9 Å². The maximum Gasteiger partial charge on any atom is 0.335 e. The molecule has 1 heterocycles. The lowest BCUT2D eigenvalue weighted by molar-refractivity contribution is -0.129. The summed E-state index contributed by atoms with van der Waals surface area (Å²) in [6.45, 7) is 6.73. The molecule has 6 heteroatoms. The molecule has 4 rings (SSSR count). The summed E-state index contributed by atoms with van der Waals surface area (Å²) < 4.78 is 26.9. The monoisotopic (exact) mass is 418 g/mol. The number of carbonyl (C=O) groups is 2. The molecule has 0 atom stereocenters. The second kappa shape index (κ2) is 7.93. The number of hydrogen-bond acceptors (Lipinski definition) is 5. The van der Waals surface area contributed by atoms with Crippen LogP contribution in [0.1, 0.15) is 0 Å². The van der Waals surface area contributed by atoms with Crippen molar-refractivity contribution in [3.05, 3.63) is 85.7 Å². The van der Waals surface area contributed by atoms with Crippen LogP contribution in [0.5, 0.6) is 11.5 Å². The average molecular weight is 418 g/mol. The summed E-state index contributed by atoms with van der Waals surface area (Å²) in [5.41, 5.74) is 1.10. The van der Waals surface area contributed by atoms with E-state index in [-0.39, 0.29) is 5.82 Å². The van der Waals surface area contributed by atoms with Gasteiger partial charge >= 0.3 is 11.9 Å². The Kier molecular flexibility index (Phi) is 5.16. The second-order valence-corrected chi connectivity index (χ2v) is 7.39. The van der Waals surface area contributed by atoms with Crippen molar-refractivity contribution in [2.45, 2.75) is 0 Å². The fourth-order valence-electron chi connectivity index (χ4n) is 3.09. The summed E-state index contributed by atoms with van der Waals surface area (Å²) in [6, 6.07) is 15.4. The van der Waals surface area contributed by atoms with Crippen molar-refractivity contribution >= 4 is 43.4 Å². The van der Waals surface area contributed by atoms with Gasteiger partial charge in [0.05, 0.1) is 4.70 Å². The largest absolute Gasteiger partial charge is 0.423 e. The smallest absolute Gasteiger partial charge is 0.335 e. The van der Waals surface area contributed by atoms with Gasteiger partial charge in [-0.25, -0.2) is 14.0 Å². The highest BCUT2D eigenvalue weighted by atomic mass is 32.1. The van der Waals surface area contributed by atoms with Crippen LogP contribution in [0.3, 0.4) is 0 Å². The van der Waals surface area contributed by atoms with E-state index in [9.17, 15) is 9.59 Å². The predicted octanol–water partition coefficient (Wildman–Crippen LogP) is 6.04. The minimum absolute atomic E-state index is 0.339. The summed E-state index contributed by atoms with van der Waals surface area (Å²) in [7, 11) is 0. The molecule has 0 unspecified atom stereocenters.